The number of hydrogen-bond donors (Lipinski definition) is 2. The fourth-order valence-corrected chi connectivity index (χ4v) is 1.66. The molecule has 0 spiro atoms. The van der Waals surface area contributed by atoms with Gasteiger partial charge in [-0.1, -0.05) is 37.3 Å². The zero-order valence-corrected chi connectivity index (χ0v) is 10.2. The van der Waals surface area contributed by atoms with E-state index >= 15 is 0 Å². The average molecular weight is 221 g/mol. The van der Waals surface area contributed by atoms with Crippen molar-refractivity contribution in [3.63, 3.8) is 0 Å². The summed E-state index contributed by atoms with van der Waals surface area (Å²) in [6.07, 6.45) is 3.87. The SMILES string of the molecule is CCC(O)CCNCCCc1ccccc1. The molecule has 0 saturated carbocycles. The van der Waals surface area contributed by atoms with Crippen LogP contribution in [0.25, 0.3) is 0 Å². The van der Waals surface area contributed by atoms with Gasteiger partial charge in [0, 0.05) is 0 Å². The maximum Gasteiger partial charge on any atom is 0.0549 e. The highest BCUT2D eigenvalue weighted by molar-refractivity contribution is 5.14. The van der Waals surface area contributed by atoms with Crippen LogP contribution in [0.4, 0.5) is 0 Å². The molecule has 0 saturated heterocycles. The summed E-state index contributed by atoms with van der Waals surface area (Å²) in [5, 5.41) is 12.7. The van der Waals surface area contributed by atoms with Crippen molar-refractivity contribution in [2.24, 2.45) is 0 Å². The molecule has 0 radical (unpaired) electrons. The molecule has 0 bridgehead atoms. The Morgan fingerprint density at radius 3 is 2.62 bits per heavy atom. The second kappa shape index (κ2) is 8.31. The van der Waals surface area contributed by atoms with Gasteiger partial charge in [-0.15, -0.1) is 0 Å². The van der Waals surface area contributed by atoms with Crippen molar-refractivity contribution in [3.05, 3.63) is 35.9 Å². The minimum Gasteiger partial charge on any atom is -0.393 e. The van der Waals surface area contributed by atoms with Crippen LogP contribution in [0, 0.1) is 0 Å². The maximum atomic E-state index is 9.35. The third-order valence-corrected chi connectivity index (χ3v) is 2.79. The van der Waals surface area contributed by atoms with Gasteiger partial charge in [0.1, 0.15) is 0 Å². The van der Waals surface area contributed by atoms with Crippen LogP contribution in [-0.4, -0.2) is 24.3 Å². The van der Waals surface area contributed by atoms with Gasteiger partial charge in [-0.2, -0.15) is 0 Å². The molecule has 1 aromatic carbocycles. The molecule has 1 atom stereocenters. The molecule has 16 heavy (non-hydrogen) atoms. The third kappa shape index (κ3) is 5.89. The van der Waals surface area contributed by atoms with Gasteiger partial charge in [-0.05, 0) is 44.3 Å². The molecule has 2 N–H and O–H groups in total. The fraction of sp³-hybridized carbons (Fsp3) is 0.571. The predicted molar refractivity (Wildman–Crippen MR) is 68.5 cm³/mol. The van der Waals surface area contributed by atoms with Crippen LogP contribution in [0.3, 0.4) is 0 Å². The molecule has 0 aromatic heterocycles. The molecule has 0 fully saturated rings. The number of rotatable bonds is 8. The first-order chi connectivity index (χ1) is 7.83. The first-order valence-electron chi connectivity index (χ1n) is 6.25. The molecule has 2 nitrogen and oxygen atoms in total. The van der Waals surface area contributed by atoms with Crippen LogP contribution in [-0.2, 0) is 6.42 Å². The van der Waals surface area contributed by atoms with E-state index in [-0.39, 0.29) is 6.10 Å². The second-order valence-electron chi connectivity index (χ2n) is 4.19. The van der Waals surface area contributed by atoms with E-state index in [1.54, 1.807) is 0 Å². The zero-order chi connectivity index (χ0) is 11.6. The Morgan fingerprint density at radius 2 is 1.94 bits per heavy atom. The van der Waals surface area contributed by atoms with Crippen molar-refractivity contribution >= 4 is 0 Å². The summed E-state index contributed by atoms with van der Waals surface area (Å²) < 4.78 is 0. The average Bonchev–Trinajstić information content (AvgIpc) is 2.34. The third-order valence-electron chi connectivity index (χ3n) is 2.79. The van der Waals surface area contributed by atoms with Crippen LogP contribution >= 0.6 is 0 Å². The van der Waals surface area contributed by atoms with Gasteiger partial charge in [0.05, 0.1) is 6.10 Å². The van der Waals surface area contributed by atoms with E-state index in [0.717, 1.165) is 38.8 Å². The number of aliphatic hydroxyl groups is 1. The lowest BCUT2D eigenvalue weighted by atomic mass is 10.1. The summed E-state index contributed by atoms with van der Waals surface area (Å²) in [5.74, 6) is 0. The predicted octanol–water partition coefficient (Wildman–Crippen LogP) is 2.37. The Bertz CT molecular complexity index is 261. The molecule has 0 aliphatic heterocycles. The quantitative estimate of drug-likeness (QED) is 0.661. The van der Waals surface area contributed by atoms with Gasteiger partial charge < -0.3 is 10.4 Å². The van der Waals surface area contributed by atoms with Crippen molar-refractivity contribution in [2.45, 2.75) is 38.7 Å². The van der Waals surface area contributed by atoms with E-state index in [1.165, 1.54) is 5.56 Å². The molecule has 0 aliphatic rings. The summed E-state index contributed by atoms with van der Waals surface area (Å²) >= 11 is 0. The number of nitrogens with one attached hydrogen (secondary N) is 1. The fourth-order valence-electron chi connectivity index (χ4n) is 1.66. The standard InChI is InChI=1S/C14H23NO/c1-2-14(16)10-12-15-11-6-9-13-7-4-3-5-8-13/h3-5,7-8,14-16H,2,6,9-12H2,1H3. The molecule has 0 aliphatic carbocycles. The van der Waals surface area contributed by atoms with Gasteiger partial charge in [0.25, 0.3) is 0 Å². The van der Waals surface area contributed by atoms with Crippen LogP contribution in [0.1, 0.15) is 31.7 Å². The van der Waals surface area contributed by atoms with Crippen molar-refractivity contribution in [2.75, 3.05) is 13.1 Å². The Hall–Kier alpha value is -0.860. The Labute approximate surface area is 98.7 Å². The molecular weight excluding hydrogens is 198 g/mol. The van der Waals surface area contributed by atoms with E-state index in [0.29, 0.717) is 0 Å². The van der Waals surface area contributed by atoms with Gasteiger partial charge in [0.15, 0.2) is 0 Å². The van der Waals surface area contributed by atoms with Crippen LogP contribution in [0.15, 0.2) is 30.3 Å². The topological polar surface area (TPSA) is 32.3 Å². The lowest BCUT2D eigenvalue weighted by molar-refractivity contribution is 0.160. The normalized spacial score (nSPS) is 12.6. The lowest BCUT2D eigenvalue weighted by Crippen LogP contribution is -2.21. The smallest absolute Gasteiger partial charge is 0.0549 e. The monoisotopic (exact) mass is 221 g/mol. The highest BCUT2D eigenvalue weighted by atomic mass is 16.3. The molecule has 2 heteroatoms. The molecule has 0 amide bonds. The number of benzene rings is 1. The summed E-state index contributed by atoms with van der Waals surface area (Å²) in [5.41, 5.74) is 1.40. The van der Waals surface area contributed by atoms with Crippen LogP contribution < -0.4 is 5.32 Å². The van der Waals surface area contributed by atoms with Gasteiger partial charge in [-0.3, -0.25) is 0 Å². The van der Waals surface area contributed by atoms with Crippen molar-refractivity contribution in [3.8, 4) is 0 Å². The van der Waals surface area contributed by atoms with Crippen molar-refractivity contribution in [1.82, 2.24) is 5.32 Å². The highest BCUT2D eigenvalue weighted by Gasteiger charge is 1.98. The van der Waals surface area contributed by atoms with E-state index < -0.39 is 0 Å². The van der Waals surface area contributed by atoms with E-state index in [1.807, 2.05) is 13.0 Å². The summed E-state index contributed by atoms with van der Waals surface area (Å²) in [6, 6.07) is 10.6. The molecule has 0 heterocycles. The second-order valence-corrected chi connectivity index (χ2v) is 4.19. The number of hydrogen-bond acceptors (Lipinski definition) is 2. The molecule has 90 valence electrons. The van der Waals surface area contributed by atoms with Gasteiger partial charge in [-0.25, -0.2) is 0 Å². The zero-order valence-electron chi connectivity index (χ0n) is 10.2. The first-order valence-corrected chi connectivity index (χ1v) is 6.25. The van der Waals surface area contributed by atoms with Crippen molar-refractivity contribution in [1.29, 1.82) is 0 Å². The van der Waals surface area contributed by atoms with Gasteiger partial charge >= 0.3 is 0 Å². The molecule has 1 aromatic rings. The van der Waals surface area contributed by atoms with Crippen LogP contribution in [0.2, 0.25) is 0 Å². The van der Waals surface area contributed by atoms with Gasteiger partial charge in [0.2, 0.25) is 0 Å². The van der Waals surface area contributed by atoms with E-state index in [2.05, 4.69) is 29.6 Å². The van der Waals surface area contributed by atoms with E-state index in [4.69, 9.17) is 0 Å². The van der Waals surface area contributed by atoms with Crippen molar-refractivity contribution < 1.29 is 5.11 Å². The number of aryl methyl sites for hydroxylation is 1. The Kier molecular flexibility index (Phi) is 6.86. The highest BCUT2D eigenvalue weighted by Crippen LogP contribution is 2.01. The van der Waals surface area contributed by atoms with E-state index in [9.17, 15) is 5.11 Å². The number of aliphatic hydroxyl groups excluding tert-OH is 1. The molecular formula is C14H23NO. The largest absolute Gasteiger partial charge is 0.393 e. The maximum absolute atomic E-state index is 9.35. The first kappa shape index (κ1) is 13.2. The summed E-state index contributed by atoms with van der Waals surface area (Å²) in [4.78, 5) is 0. The Balaban J connectivity index is 1.96. The summed E-state index contributed by atoms with van der Waals surface area (Å²) in [7, 11) is 0. The molecule has 1 rings (SSSR count). The summed E-state index contributed by atoms with van der Waals surface area (Å²) in [6.45, 7) is 3.97. The minimum absolute atomic E-state index is 0.137. The Morgan fingerprint density at radius 1 is 1.19 bits per heavy atom. The minimum atomic E-state index is -0.137. The lowest BCUT2D eigenvalue weighted by Gasteiger charge is -2.08. The van der Waals surface area contributed by atoms with Crippen LogP contribution in [0.5, 0.6) is 0 Å². The molecule has 1 unspecified atom stereocenters.